The Kier molecular flexibility index (Phi) is 3.96. The maximum atomic E-state index is 11.4. The predicted octanol–water partition coefficient (Wildman–Crippen LogP) is 1.10. The van der Waals surface area contributed by atoms with E-state index in [0.29, 0.717) is 13.2 Å². The summed E-state index contributed by atoms with van der Waals surface area (Å²) < 4.78 is 5.31. The lowest BCUT2D eigenvalue weighted by Gasteiger charge is -2.07. The summed E-state index contributed by atoms with van der Waals surface area (Å²) in [5.74, 6) is 0.172. The quantitative estimate of drug-likeness (QED) is 0.523. The van der Waals surface area contributed by atoms with Crippen molar-refractivity contribution in [3.63, 3.8) is 0 Å². The van der Waals surface area contributed by atoms with Crippen LogP contribution in [0.5, 0.6) is 0 Å². The monoisotopic (exact) mass is 183 g/mol. The molecule has 13 heavy (non-hydrogen) atoms. The summed E-state index contributed by atoms with van der Waals surface area (Å²) in [4.78, 5) is 11.4. The first-order chi connectivity index (χ1) is 6.24. The first-order valence-electron chi connectivity index (χ1n) is 4.74. The Morgan fingerprint density at radius 1 is 1.77 bits per heavy atom. The maximum Gasteiger partial charge on any atom is 0.225 e. The molecule has 74 valence electrons. The fraction of sp³-hybridized carbons (Fsp3) is 0.700. The molecule has 0 bridgehead atoms. The second-order valence-electron chi connectivity index (χ2n) is 3.44. The van der Waals surface area contributed by atoms with E-state index in [2.05, 4.69) is 11.9 Å². The molecule has 1 amide bonds. The lowest BCUT2D eigenvalue weighted by atomic mass is 10.1. The Hall–Kier alpha value is -0.830. The minimum absolute atomic E-state index is 0.0554. The average Bonchev–Trinajstić information content (AvgIpc) is 2.52. The molecule has 0 saturated carbocycles. The summed E-state index contributed by atoms with van der Waals surface area (Å²) in [6.45, 7) is 6.85. The number of nitrogens with one attached hydrogen (secondary N) is 1. The van der Waals surface area contributed by atoms with Gasteiger partial charge in [-0.15, -0.1) is 6.58 Å². The average molecular weight is 183 g/mol. The highest BCUT2D eigenvalue weighted by atomic mass is 16.5. The number of carbonyl (C=O) groups is 1. The number of ether oxygens (including phenoxy) is 1. The molecule has 3 heteroatoms. The Balaban J connectivity index is 2.19. The van der Waals surface area contributed by atoms with Gasteiger partial charge in [0.2, 0.25) is 5.91 Å². The summed E-state index contributed by atoms with van der Waals surface area (Å²) in [5.41, 5.74) is 0. The largest absolute Gasteiger partial charge is 0.378 e. The van der Waals surface area contributed by atoms with Crippen molar-refractivity contribution in [2.24, 2.45) is 5.92 Å². The van der Waals surface area contributed by atoms with Crippen LogP contribution in [-0.4, -0.2) is 25.2 Å². The molecular weight excluding hydrogens is 166 g/mol. The van der Waals surface area contributed by atoms with E-state index in [9.17, 15) is 4.79 Å². The molecule has 3 nitrogen and oxygen atoms in total. The highest BCUT2D eigenvalue weighted by Gasteiger charge is 2.27. The van der Waals surface area contributed by atoms with Crippen LogP contribution in [0.15, 0.2) is 12.7 Å². The highest BCUT2D eigenvalue weighted by Crippen LogP contribution is 2.18. The van der Waals surface area contributed by atoms with Crippen LogP contribution in [0.3, 0.4) is 0 Å². The fourth-order valence-corrected chi connectivity index (χ4v) is 1.44. The minimum atomic E-state index is 0.0554. The van der Waals surface area contributed by atoms with E-state index >= 15 is 0 Å². The zero-order chi connectivity index (χ0) is 9.68. The van der Waals surface area contributed by atoms with E-state index < -0.39 is 0 Å². The van der Waals surface area contributed by atoms with Crippen molar-refractivity contribution in [1.29, 1.82) is 0 Å². The van der Waals surface area contributed by atoms with Crippen LogP contribution in [0, 0.1) is 5.92 Å². The SMILES string of the molecule is C=CCCNC(=O)C1COC(C)C1. The molecule has 1 N–H and O–H groups in total. The van der Waals surface area contributed by atoms with Crippen LogP contribution >= 0.6 is 0 Å². The summed E-state index contributed by atoms with van der Waals surface area (Å²) in [7, 11) is 0. The van der Waals surface area contributed by atoms with Crippen LogP contribution in [0.2, 0.25) is 0 Å². The fourth-order valence-electron chi connectivity index (χ4n) is 1.44. The number of hydrogen-bond acceptors (Lipinski definition) is 2. The normalized spacial score (nSPS) is 27.2. The molecule has 0 radical (unpaired) electrons. The number of carbonyl (C=O) groups excluding carboxylic acids is 1. The molecule has 1 heterocycles. The van der Waals surface area contributed by atoms with Crippen molar-refractivity contribution in [3.8, 4) is 0 Å². The van der Waals surface area contributed by atoms with Crippen molar-refractivity contribution >= 4 is 5.91 Å². The summed E-state index contributed by atoms with van der Waals surface area (Å²) in [6, 6.07) is 0. The van der Waals surface area contributed by atoms with Gasteiger partial charge < -0.3 is 10.1 Å². The van der Waals surface area contributed by atoms with Crippen LogP contribution < -0.4 is 5.32 Å². The highest BCUT2D eigenvalue weighted by molar-refractivity contribution is 5.79. The lowest BCUT2D eigenvalue weighted by Crippen LogP contribution is -2.31. The maximum absolute atomic E-state index is 11.4. The first-order valence-corrected chi connectivity index (χ1v) is 4.74. The molecule has 0 spiro atoms. The standard InChI is InChI=1S/C10H17NO2/c1-3-4-5-11-10(12)9-6-8(2)13-7-9/h3,8-9H,1,4-7H2,2H3,(H,11,12). The number of rotatable bonds is 4. The van der Waals surface area contributed by atoms with E-state index in [1.54, 1.807) is 6.08 Å². The summed E-state index contributed by atoms with van der Waals surface area (Å²) in [6.07, 6.45) is 3.71. The van der Waals surface area contributed by atoms with Gasteiger partial charge in [0, 0.05) is 6.54 Å². The first kappa shape index (κ1) is 10.3. The third kappa shape index (κ3) is 3.19. The molecule has 1 aliphatic heterocycles. The summed E-state index contributed by atoms with van der Waals surface area (Å²) in [5, 5.41) is 2.86. The van der Waals surface area contributed by atoms with Gasteiger partial charge in [0.15, 0.2) is 0 Å². The van der Waals surface area contributed by atoms with Crippen LogP contribution in [0.25, 0.3) is 0 Å². The Morgan fingerprint density at radius 3 is 3.08 bits per heavy atom. The molecule has 1 fully saturated rings. The van der Waals surface area contributed by atoms with E-state index in [-0.39, 0.29) is 17.9 Å². The van der Waals surface area contributed by atoms with Gasteiger partial charge in [0.05, 0.1) is 18.6 Å². The van der Waals surface area contributed by atoms with Crippen LogP contribution in [-0.2, 0) is 9.53 Å². The molecule has 0 aromatic rings. The molecule has 1 aliphatic rings. The molecule has 0 aliphatic carbocycles. The third-order valence-corrected chi connectivity index (χ3v) is 2.22. The van der Waals surface area contributed by atoms with Gasteiger partial charge in [-0.05, 0) is 19.8 Å². The van der Waals surface area contributed by atoms with Gasteiger partial charge in [0.1, 0.15) is 0 Å². The van der Waals surface area contributed by atoms with Gasteiger partial charge in [-0.1, -0.05) is 6.08 Å². The van der Waals surface area contributed by atoms with Gasteiger partial charge in [0.25, 0.3) is 0 Å². The second-order valence-corrected chi connectivity index (χ2v) is 3.44. The third-order valence-electron chi connectivity index (χ3n) is 2.22. The zero-order valence-electron chi connectivity index (χ0n) is 8.08. The Labute approximate surface area is 79.2 Å². The molecule has 1 saturated heterocycles. The van der Waals surface area contributed by atoms with Crippen molar-refractivity contribution in [2.45, 2.75) is 25.9 Å². The van der Waals surface area contributed by atoms with E-state index in [1.165, 1.54) is 0 Å². The number of hydrogen-bond donors (Lipinski definition) is 1. The zero-order valence-corrected chi connectivity index (χ0v) is 8.08. The van der Waals surface area contributed by atoms with Crippen molar-refractivity contribution in [1.82, 2.24) is 5.32 Å². The van der Waals surface area contributed by atoms with Gasteiger partial charge >= 0.3 is 0 Å². The molecule has 0 aromatic carbocycles. The van der Waals surface area contributed by atoms with Crippen molar-refractivity contribution in [2.75, 3.05) is 13.2 Å². The van der Waals surface area contributed by atoms with Crippen molar-refractivity contribution in [3.05, 3.63) is 12.7 Å². The molecular formula is C10H17NO2. The molecule has 2 atom stereocenters. The topological polar surface area (TPSA) is 38.3 Å². The van der Waals surface area contributed by atoms with Gasteiger partial charge in [-0.3, -0.25) is 4.79 Å². The van der Waals surface area contributed by atoms with Gasteiger partial charge in [-0.25, -0.2) is 0 Å². The Morgan fingerprint density at radius 2 is 2.54 bits per heavy atom. The van der Waals surface area contributed by atoms with Gasteiger partial charge in [-0.2, -0.15) is 0 Å². The summed E-state index contributed by atoms with van der Waals surface area (Å²) >= 11 is 0. The van der Waals surface area contributed by atoms with E-state index in [4.69, 9.17) is 4.74 Å². The molecule has 2 unspecified atom stereocenters. The minimum Gasteiger partial charge on any atom is -0.378 e. The second kappa shape index (κ2) is 5.02. The van der Waals surface area contributed by atoms with E-state index in [1.807, 2.05) is 6.92 Å². The predicted molar refractivity (Wildman–Crippen MR) is 51.3 cm³/mol. The molecule has 0 aromatic heterocycles. The smallest absolute Gasteiger partial charge is 0.225 e. The molecule has 1 rings (SSSR count). The Bertz CT molecular complexity index is 191. The van der Waals surface area contributed by atoms with Crippen molar-refractivity contribution < 1.29 is 9.53 Å². The van der Waals surface area contributed by atoms with Crippen LogP contribution in [0.1, 0.15) is 19.8 Å². The lowest BCUT2D eigenvalue weighted by molar-refractivity contribution is -0.124. The van der Waals surface area contributed by atoms with E-state index in [0.717, 1.165) is 12.8 Å². The number of amides is 1. The van der Waals surface area contributed by atoms with Crippen LogP contribution in [0.4, 0.5) is 0 Å².